The maximum absolute atomic E-state index is 8.95. The van der Waals surface area contributed by atoms with E-state index >= 15 is 0 Å². The van der Waals surface area contributed by atoms with Crippen LogP contribution in [-0.4, -0.2) is 29.3 Å². The van der Waals surface area contributed by atoms with E-state index in [0.717, 1.165) is 18.1 Å². The van der Waals surface area contributed by atoms with E-state index in [-0.39, 0.29) is 6.61 Å². The molecule has 82 valence electrons. The molecule has 0 amide bonds. The highest BCUT2D eigenvalue weighted by atomic mass is 32.2. The lowest BCUT2D eigenvalue weighted by Gasteiger charge is -2.11. The van der Waals surface area contributed by atoms with Gasteiger partial charge in [-0.15, -0.1) is 0 Å². The molecule has 3 heteroatoms. The summed E-state index contributed by atoms with van der Waals surface area (Å²) >= 11 is 1.81. The Balaban J connectivity index is 1.96. The zero-order chi connectivity index (χ0) is 10.7. The Labute approximate surface area is 94.6 Å². The fraction of sp³-hybridized carbons (Fsp3) is 0.500. The summed E-state index contributed by atoms with van der Waals surface area (Å²) < 4.78 is 5.60. The number of thioether (sulfide) groups is 1. The molecule has 0 fully saturated rings. The average Bonchev–Trinajstić information content (AvgIpc) is 2.69. The van der Waals surface area contributed by atoms with Gasteiger partial charge in [0.15, 0.2) is 0 Å². The third kappa shape index (κ3) is 2.47. The average molecular weight is 224 g/mol. The molecular weight excluding hydrogens is 208 g/mol. The highest BCUT2D eigenvalue weighted by Crippen LogP contribution is 2.35. The van der Waals surface area contributed by atoms with E-state index in [0.29, 0.717) is 11.2 Å². The van der Waals surface area contributed by atoms with E-state index in [1.54, 1.807) is 0 Å². The minimum Gasteiger partial charge on any atom is -0.493 e. The number of rotatable bonds is 4. The normalized spacial score (nSPS) is 20.8. The number of ether oxygens (including phenoxy) is 1. The molecular formula is C12H16O2S. The molecule has 1 aliphatic rings. The standard InChI is InChI=1S/C12H16O2S/c1-9(6-13)15-8-10-7-14-12-5-3-2-4-11(10)12/h2-5,9-10,13H,6-8H2,1H3. The number of hydrogen-bond acceptors (Lipinski definition) is 3. The fourth-order valence-electron chi connectivity index (χ4n) is 1.70. The summed E-state index contributed by atoms with van der Waals surface area (Å²) in [6.07, 6.45) is 0. The van der Waals surface area contributed by atoms with Gasteiger partial charge in [0.2, 0.25) is 0 Å². The lowest BCUT2D eigenvalue weighted by molar-refractivity contribution is 0.299. The van der Waals surface area contributed by atoms with Crippen LogP contribution in [0.4, 0.5) is 0 Å². The molecule has 2 unspecified atom stereocenters. The Hall–Kier alpha value is -0.670. The first-order valence-corrected chi connectivity index (χ1v) is 6.30. The molecule has 2 nitrogen and oxygen atoms in total. The van der Waals surface area contributed by atoms with Gasteiger partial charge in [0, 0.05) is 22.5 Å². The van der Waals surface area contributed by atoms with E-state index < -0.39 is 0 Å². The van der Waals surface area contributed by atoms with Crippen molar-refractivity contribution in [3.63, 3.8) is 0 Å². The van der Waals surface area contributed by atoms with Crippen LogP contribution in [0.3, 0.4) is 0 Å². The third-order valence-electron chi connectivity index (χ3n) is 2.64. The maximum Gasteiger partial charge on any atom is 0.122 e. The van der Waals surface area contributed by atoms with Gasteiger partial charge < -0.3 is 9.84 Å². The largest absolute Gasteiger partial charge is 0.493 e. The molecule has 1 aliphatic heterocycles. The van der Waals surface area contributed by atoms with E-state index in [1.165, 1.54) is 5.56 Å². The smallest absolute Gasteiger partial charge is 0.122 e. The van der Waals surface area contributed by atoms with Crippen molar-refractivity contribution in [1.29, 1.82) is 0 Å². The van der Waals surface area contributed by atoms with Crippen molar-refractivity contribution in [1.82, 2.24) is 0 Å². The number of aliphatic hydroxyl groups excluding tert-OH is 1. The first-order chi connectivity index (χ1) is 7.31. The minimum atomic E-state index is 0.250. The number of para-hydroxylation sites is 1. The quantitative estimate of drug-likeness (QED) is 0.850. The van der Waals surface area contributed by atoms with Crippen LogP contribution in [-0.2, 0) is 0 Å². The Morgan fingerprint density at radius 3 is 3.13 bits per heavy atom. The highest BCUT2D eigenvalue weighted by Gasteiger charge is 2.23. The summed E-state index contributed by atoms with van der Waals surface area (Å²) in [5, 5.41) is 9.27. The first kappa shape index (κ1) is 10.8. The van der Waals surface area contributed by atoms with Crippen LogP contribution < -0.4 is 4.74 Å². The van der Waals surface area contributed by atoms with E-state index in [2.05, 4.69) is 12.1 Å². The van der Waals surface area contributed by atoms with Crippen LogP contribution in [0.5, 0.6) is 5.75 Å². The molecule has 1 aromatic rings. The molecule has 1 aromatic carbocycles. The van der Waals surface area contributed by atoms with Gasteiger partial charge in [0.05, 0.1) is 13.2 Å². The summed E-state index contributed by atoms with van der Waals surface area (Å²) in [7, 11) is 0. The Bertz CT molecular complexity index is 327. The van der Waals surface area contributed by atoms with Gasteiger partial charge in [-0.05, 0) is 6.07 Å². The van der Waals surface area contributed by atoms with Crippen molar-refractivity contribution < 1.29 is 9.84 Å². The van der Waals surface area contributed by atoms with Gasteiger partial charge in [0.25, 0.3) is 0 Å². The van der Waals surface area contributed by atoms with Crippen LogP contribution in [0.1, 0.15) is 18.4 Å². The number of hydrogen-bond donors (Lipinski definition) is 1. The second-order valence-corrected chi connectivity index (χ2v) is 5.34. The Morgan fingerprint density at radius 2 is 2.33 bits per heavy atom. The molecule has 1 heterocycles. The Morgan fingerprint density at radius 1 is 1.53 bits per heavy atom. The molecule has 1 N–H and O–H groups in total. The first-order valence-electron chi connectivity index (χ1n) is 5.25. The van der Waals surface area contributed by atoms with Crippen LogP contribution in [0.15, 0.2) is 24.3 Å². The lowest BCUT2D eigenvalue weighted by Crippen LogP contribution is -2.09. The second kappa shape index (κ2) is 4.90. The molecule has 0 radical (unpaired) electrons. The number of fused-ring (bicyclic) bond motifs is 1. The molecule has 0 aromatic heterocycles. The monoisotopic (exact) mass is 224 g/mol. The highest BCUT2D eigenvalue weighted by molar-refractivity contribution is 7.99. The minimum absolute atomic E-state index is 0.250. The zero-order valence-electron chi connectivity index (χ0n) is 8.85. The SMILES string of the molecule is CC(CO)SCC1COc2ccccc21. The predicted molar refractivity (Wildman–Crippen MR) is 63.7 cm³/mol. The van der Waals surface area contributed by atoms with Gasteiger partial charge in [0.1, 0.15) is 5.75 Å². The molecule has 15 heavy (non-hydrogen) atoms. The summed E-state index contributed by atoms with van der Waals surface area (Å²) in [4.78, 5) is 0. The Kier molecular flexibility index (Phi) is 3.54. The lowest BCUT2D eigenvalue weighted by atomic mass is 10.0. The number of aliphatic hydroxyl groups is 1. The molecule has 2 atom stereocenters. The maximum atomic E-state index is 8.95. The van der Waals surface area contributed by atoms with Crippen molar-refractivity contribution >= 4 is 11.8 Å². The third-order valence-corrected chi connectivity index (χ3v) is 3.95. The molecule has 0 aliphatic carbocycles. The van der Waals surface area contributed by atoms with E-state index in [1.807, 2.05) is 30.8 Å². The van der Waals surface area contributed by atoms with Gasteiger partial charge in [-0.3, -0.25) is 0 Å². The van der Waals surface area contributed by atoms with Crippen LogP contribution in [0, 0.1) is 0 Å². The number of benzene rings is 1. The van der Waals surface area contributed by atoms with Crippen molar-refractivity contribution in [3.8, 4) is 5.75 Å². The van der Waals surface area contributed by atoms with E-state index in [4.69, 9.17) is 9.84 Å². The van der Waals surface area contributed by atoms with Gasteiger partial charge in [-0.25, -0.2) is 0 Å². The van der Waals surface area contributed by atoms with Crippen LogP contribution in [0.2, 0.25) is 0 Å². The molecule has 2 rings (SSSR count). The molecule has 0 saturated carbocycles. The van der Waals surface area contributed by atoms with Crippen molar-refractivity contribution in [3.05, 3.63) is 29.8 Å². The van der Waals surface area contributed by atoms with E-state index in [9.17, 15) is 0 Å². The van der Waals surface area contributed by atoms with Crippen molar-refractivity contribution in [2.75, 3.05) is 19.0 Å². The second-order valence-electron chi connectivity index (χ2n) is 3.87. The van der Waals surface area contributed by atoms with Crippen LogP contribution in [0.25, 0.3) is 0 Å². The van der Waals surface area contributed by atoms with Gasteiger partial charge in [-0.1, -0.05) is 25.1 Å². The molecule has 0 saturated heterocycles. The topological polar surface area (TPSA) is 29.5 Å². The van der Waals surface area contributed by atoms with Gasteiger partial charge >= 0.3 is 0 Å². The van der Waals surface area contributed by atoms with Crippen molar-refractivity contribution in [2.24, 2.45) is 0 Å². The van der Waals surface area contributed by atoms with Crippen LogP contribution >= 0.6 is 11.8 Å². The molecule has 0 spiro atoms. The summed E-state index contributed by atoms with van der Waals surface area (Å²) in [6, 6.07) is 8.22. The fourth-order valence-corrected chi connectivity index (χ4v) is 2.64. The van der Waals surface area contributed by atoms with Gasteiger partial charge in [-0.2, -0.15) is 11.8 Å². The summed E-state index contributed by atoms with van der Waals surface area (Å²) in [6.45, 7) is 3.08. The zero-order valence-corrected chi connectivity index (χ0v) is 9.67. The van der Waals surface area contributed by atoms with Crippen molar-refractivity contribution in [2.45, 2.75) is 18.1 Å². The summed E-state index contributed by atoms with van der Waals surface area (Å²) in [5.74, 6) is 2.54. The predicted octanol–water partition coefficient (Wildman–Crippen LogP) is 2.28. The molecule has 0 bridgehead atoms. The summed E-state index contributed by atoms with van der Waals surface area (Å²) in [5.41, 5.74) is 1.31.